The molecule has 0 radical (unpaired) electrons. The Hall–Kier alpha value is -3.44. The standard InChI is InChI=1S/C32H37N3O2/c36-31(27-15-16-27)34-29-14-7-13-28(23-29)24-17-21-35(22-18-24)20-8-19-33-32(37)30(25-9-3-1-4-10-25)26-11-5-2-6-12-26/h1-7,9-14,23-24,27,30H,8,15-22H2,(H,33,37)(H,34,36). The number of likely N-dealkylation sites (tertiary alicyclic amines) is 1. The predicted molar refractivity (Wildman–Crippen MR) is 149 cm³/mol. The third-order valence-corrected chi connectivity index (χ3v) is 7.64. The molecule has 1 aliphatic carbocycles. The largest absolute Gasteiger partial charge is 0.355 e. The third kappa shape index (κ3) is 6.86. The molecule has 37 heavy (non-hydrogen) atoms. The number of benzene rings is 3. The van der Waals surface area contributed by atoms with Gasteiger partial charge in [0.05, 0.1) is 5.92 Å². The van der Waals surface area contributed by atoms with Crippen LogP contribution in [0.4, 0.5) is 5.69 Å². The molecule has 3 aromatic rings. The van der Waals surface area contributed by atoms with Crippen molar-refractivity contribution in [2.24, 2.45) is 5.92 Å². The van der Waals surface area contributed by atoms with Crippen LogP contribution in [0.25, 0.3) is 0 Å². The van der Waals surface area contributed by atoms with E-state index in [0.717, 1.165) is 68.6 Å². The molecule has 0 spiro atoms. The molecule has 192 valence electrons. The molecule has 2 aliphatic rings. The number of nitrogens with zero attached hydrogens (tertiary/aromatic N) is 1. The van der Waals surface area contributed by atoms with Crippen LogP contribution in [0.15, 0.2) is 84.9 Å². The summed E-state index contributed by atoms with van der Waals surface area (Å²) < 4.78 is 0. The second-order valence-corrected chi connectivity index (χ2v) is 10.4. The first-order valence-electron chi connectivity index (χ1n) is 13.7. The molecule has 2 amide bonds. The minimum absolute atomic E-state index is 0.0600. The molecular weight excluding hydrogens is 458 g/mol. The van der Waals surface area contributed by atoms with Gasteiger partial charge in [-0.3, -0.25) is 9.59 Å². The highest BCUT2D eigenvalue weighted by atomic mass is 16.2. The zero-order valence-corrected chi connectivity index (χ0v) is 21.4. The number of rotatable bonds is 10. The number of amides is 2. The maximum atomic E-state index is 13.2. The molecule has 5 nitrogen and oxygen atoms in total. The predicted octanol–water partition coefficient (Wildman–Crippen LogP) is 5.55. The minimum atomic E-state index is -0.289. The number of hydrogen-bond acceptors (Lipinski definition) is 3. The van der Waals surface area contributed by atoms with E-state index >= 15 is 0 Å². The van der Waals surface area contributed by atoms with Crippen LogP contribution in [0.3, 0.4) is 0 Å². The van der Waals surface area contributed by atoms with Gasteiger partial charge < -0.3 is 15.5 Å². The van der Waals surface area contributed by atoms with Crippen molar-refractivity contribution in [2.45, 2.75) is 43.9 Å². The van der Waals surface area contributed by atoms with E-state index in [9.17, 15) is 9.59 Å². The molecule has 1 saturated carbocycles. The van der Waals surface area contributed by atoms with Gasteiger partial charge in [-0.05, 0) is 86.5 Å². The van der Waals surface area contributed by atoms with Crippen molar-refractivity contribution < 1.29 is 9.59 Å². The highest BCUT2D eigenvalue weighted by Gasteiger charge is 2.29. The summed E-state index contributed by atoms with van der Waals surface area (Å²) >= 11 is 0. The number of piperidine rings is 1. The van der Waals surface area contributed by atoms with Crippen LogP contribution >= 0.6 is 0 Å². The lowest BCUT2D eigenvalue weighted by Crippen LogP contribution is -2.36. The van der Waals surface area contributed by atoms with Gasteiger partial charge in [-0.25, -0.2) is 0 Å². The highest BCUT2D eigenvalue weighted by molar-refractivity contribution is 5.94. The Morgan fingerprint density at radius 2 is 1.46 bits per heavy atom. The summed E-state index contributed by atoms with van der Waals surface area (Å²) in [6.07, 6.45) is 5.23. The van der Waals surface area contributed by atoms with Crippen LogP contribution in [-0.2, 0) is 9.59 Å². The molecule has 5 heteroatoms. The summed E-state index contributed by atoms with van der Waals surface area (Å²) in [5.41, 5.74) is 4.29. The molecule has 1 heterocycles. The van der Waals surface area contributed by atoms with E-state index in [1.54, 1.807) is 0 Å². The molecule has 5 rings (SSSR count). The SMILES string of the molecule is O=C(Nc1cccc(C2CCN(CCCNC(=O)C(c3ccccc3)c3ccccc3)CC2)c1)C1CC1. The number of carbonyl (C=O) groups is 2. The van der Waals surface area contributed by atoms with E-state index < -0.39 is 0 Å². The van der Waals surface area contributed by atoms with Crippen LogP contribution in [0.2, 0.25) is 0 Å². The lowest BCUT2D eigenvalue weighted by atomic mass is 9.89. The van der Waals surface area contributed by atoms with Gasteiger partial charge in [-0.2, -0.15) is 0 Å². The Labute approximate surface area is 220 Å². The topological polar surface area (TPSA) is 61.4 Å². The molecule has 3 aromatic carbocycles. The van der Waals surface area contributed by atoms with Gasteiger partial charge >= 0.3 is 0 Å². The van der Waals surface area contributed by atoms with Crippen LogP contribution in [0.5, 0.6) is 0 Å². The summed E-state index contributed by atoms with van der Waals surface area (Å²) in [7, 11) is 0. The Balaban J connectivity index is 1.07. The molecule has 1 aliphatic heterocycles. The van der Waals surface area contributed by atoms with Crippen LogP contribution in [0.1, 0.15) is 60.6 Å². The molecule has 0 unspecified atom stereocenters. The zero-order chi connectivity index (χ0) is 25.5. The van der Waals surface area contributed by atoms with Crippen molar-refractivity contribution in [1.82, 2.24) is 10.2 Å². The minimum Gasteiger partial charge on any atom is -0.355 e. The van der Waals surface area contributed by atoms with Gasteiger partial charge in [0.1, 0.15) is 0 Å². The van der Waals surface area contributed by atoms with E-state index in [0.29, 0.717) is 12.5 Å². The van der Waals surface area contributed by atoms with Crippen molar-refractivity contribution in [3.63, 3.8) is 0 Å². The van der Waals surface area contributed by atoms with Crippen molar-refractivity contribution in [2.75, 3.05) is 31.5 Å². The second-order valence-electron chi connectivity index (χ2n) is 10.4. The van der Waals surface area contributed by atoms with E-state index in [4.69, 9.17) is 0 Å². The van der Waals surface area contributed by atoms with Crippen LogP contribution < -0.4 is 10.6 Å². The summed E-state index contributed by atoms with van der Waals surface area (Å²) in [5, 5.41) is 6.27. The lowest BCUT2D eigenvalue weighted by molar-refractivity contribution is -0.121. The molecule has 2 fully saturated rings. The third-order valence-electron chi connectivity index (χ3n) is 7.64. The van der Waals surface area contributed by atoms with Gasteiger partial charge in [-0.1, -0.05) is 72.8 Å². The average molecular weight is 496 g/mol. The van der Waals surface area contributed by atoms with Crippen molar-refractivity contribution in [3.8, 4) is 0 Å². The van der Waals surface area contributed by atoms with Crippen LogP contribution in [-0.4, -0.2) is 42.9 Å². The lowest BCUT2D eigenvalue weighted by Gasteiger charge is -2.32. The molecule has 2 N–H and O–H groups in total. The molecule has 0 bridgehead atoms. The first kappa shape index (κ1) is 25.2. The number of nitrogens with one attached hydrogen (secondary N) is 2. The molecular formula is C32H37N3O2. The molecule has 1 saturated heterocycles. The van der Waals surface area contributed by atoms with E-state index in [1.807, 2.05) is 66.7 Å². The van der Waals surface area contributed by atoms with Gasteiger partial charge in [-0.15, -0.1) is 0 Å². The first-order valence-corrected chi connectivity index (χ1v) is 13.7. The number of anilines is 1. The maximum absolute atomic E-state index is 13.2. The fourth-order valence-electron chi connectivity index (χ4n) is 5.35. The Bertz CT molecular complexity index is 1130. The Morgan fingerprint density at radius 1 is 0.811 bits per heavy atom. The van der Waals surface area contributed by atoms with E-state index in [-0.39, 0.29) is 23.7 Å². The highest BCUT2D eigenvalue weighted by Crippen LogP contribution is 2.32. The zero-order valence-electron chi connectivity index (χ0n) is 21.4. The number of carbonyl (C=O) groups excluding carboxylic acids is 2. The van der Waals surface area contributed by atoms with Gasteiger partial charge in [0, 0.05) is 18.2 Å². The normalized spacial score (nSPS) is 16.5. The summed E-state index contributed by atoms with van der Waals surface area (Å²) in [6, 6.07) is 28.4. The Morgan fingerprint density at radius 3 is 2.08 bits per heavy atom. The van der Waals surface area contributed by atoms with Gasteiger partial charge in [0.15, 0.2) is 0 Å². The number of hydrogen-bond donors (Lipinski definition) is 2. The molecule has 0 aromatic heterocycles. The summed E-state index contributed by atoms with van der Waals surface area (Å²) in [6.45, 7) is 3.80. The van der Waals surface area contributed by atoms with Gasteiger partial charge in [0.25, 0.3) is 0 Å². The fraction of sp³-hybridized carbons (Fsp3) is 0.375. The smallest absolute Gasteiger partial charge is 0.232 e. The van der Waals surface area contributed by atoms with Gasteiger partial charge in [0.2, 0.25) is 11.8 Å². The van der Waals surface area contributed by atoms with Crippen molar-refractivity contribution >= 4 is 17.5 Å². The average Bonchev–Trinajstić information content (AvgIpc) is 3.79. The monoisotopic (exact) mass is 495 g/mol. The summed E-state index contributed by atoms with van der Waals surface area (Å²) in [4.78, 5) is 27.8. The Kier molecular flexibility index (Phi) is 8.32. The molecule has 0 atom stereocenters. The first-order chi connectivity index (χ1) is 18.2. The summed E-state index contributed by atoms with van der Waals surface area (Å²) in [5.74, 6) is 0.691. The van der Waals surface area contributed by atoms with Crippen LogP contribution in [0, 0.1) is 5.92 Å². The van der Waals surface area contributed by atoms with E-state index in [2.05, 4.69) is 33.7 Å². The van der Waals surface area contributed by atoms with Crippen molar-refractivity contribution in [3.05, 3.63) is 102 Å². The van der Waals surface area contributed by atoms with E-state index in [1.165, 1.54) is 5.56 Å². The fourth-order valence-corrected chi connectivity index (χ4v) is 5.35. The maximum Gasteiger partial charge on any atom is 0.232 e. The quantitative estimate of drug-likeness (QED) is 0.363. The second kappa shape index (κ2) is 12.2. The van der Waals surface area contributed by atoms with Crippen molar-refractivity contribution in [1.29, 1.82) is 0 Å².